The van der Waals surface area contributed by atoms with E-state index in [4.69, 9.17) is 12.9 Å². The topological polar surface area (TPSA) is 35.5 Å². The minimum absolute atomic E-state index is 0. The molecule has 0 bridgehead atoms. The second-order valence-electron chi connectivity index (χ2n) is 10.2. The normalized spacial score (nSPS) is 11.1. The van der Waals surface area contributed by atoms with Crippen molar-refractivity contribution in [1.29, 1.82) is 0 Å². The van der Waals surface area contributed by atoms with Gasteiger partial charge in [0, 0.05) is 21.9 Å². The Labute approximate surface area is 257 Å². The van der Waals surface area contributed by atoms with Crippen LogP contribution >= 0.6 is 21.7 Å². The van der Waals surface area contributed by atoms with Gasteiger partial charge in [0.1, 0.15) is 11.2 Å². The molecule has 0 aliphatic rings. The van der Waals surface area contributed by atoms with Gasteiger partial charge in [-0.15, -0.1) is 0 Å². The lowest BCUT2D eigenvalue weighted by Gasteiger charge is -2.14. The Hall–Kier alpha value is -4.89. The highest BCUT2D eigenvalue weighted by atomic mass is 32.1. The van der Waals surface area contributed by atoms with E-state index in [2.05, 4.69) is 103 Å². The van der Waals surface area contributed by atoms with E-state index in [-0.39, 0.29) is 13.5 Å². The Morgan fingerprint density at radius 2 is 0.860 bits per heavy atom. The number of hydrogen-bond acceptors (Lipinski definition) is 3. The molecule has 0 aliphatic heterocycles. The fraction of sp³-hybridized carbons (Fsp3) is 0. The summed E-state index contributed by atoms with van der Waals surface area (Å²) in [6, 6.07) is 52.0. The summed E-state index contributed by atoms with van der Waals surface area (Å²) in [6.07, 6.45) is 0. The first-order chi connectivity index (χ1) is 20.8. The number of rotatable bonds is 4. The van der Waals surface area contributed by atoms with Crippen molar-refractivity contribution in [2.24, 2.45) is 0 Å². The molecule has 0 atom stereocenters. The number of fused-ring (bicyclic) bond motifs is 7. The summed E-state index contributed by atoms with van der Waals surface area (Å²) in [5, 5.41) is 6.56. The van der Waals surface area contributed by atoms with Crippen molar-refractivity contribution in [1.82, 2.24) is 0 Å². The van der Waals surface area contributed by atoms with Gasteiger partial charge in [0.15, 0.2) is 5.75 Å². The molecule has 8 aromatic rings. The van der Waals surface area contributed by atoms with Gasteiger partial charge in [-0.05, 0) is 44.8 Å². The third-order valence-electron chi connectivity index (χ3n) is 7.73. The molecule has 0 spiro atoms. The maximum atomic E-state index is 6.86. The molecule has 0 fully saturated rings. The molecule has 0 saturated carbocycles. The van der Waals surface area contributed by atoms with Crippen molar-refractivity contribution in [3.63, 3.8) is 0 Å². The van der Waals surface area contributed by atoms with Crippen LogP contribution in [-0.2, 0) is 0 Å². The predicted molar refractivity (Wildman–Crippen MR) is 185 cm³/mol. The zero-order valence-corrected chi connectivity index (χ0v) is 25.0. The minimum atomic E-state index is -1.87. The van der Waals surface area contributed by atoms with Crippen LogP contribution in [-0.4, -0.2) is 0 Å². The van der Waals surface area contributed by atoms with Crippen LogP contribution in [0.25, 0.3) is 65.7 Å². The number of para-hydroxylation sites is 1. The molecular weight excluding hydrogens is 567 g/mol. The third kappa shape index (κ3) is 4.85. The Kier molecular flexibility index (Phi) is 7.16. The number of hydrogen-bond donors (Lipinski definition) is 0. The van der Waals surface area contributed by atoms with E-state index < -0.39 is 8.24 Å². The zero-order chi connectivity index (χ0) is 27.9. The van der Waals surface area contributed by atoms with Gasteiger partial charge >= 0.3 is 8.24 Å². The summed E-state index contributed by atoms with van der Waals surface area (Å²) in [5.74, 6) is 0.729. The van der Waals surface area contributed by atoms with Gasteiger partial charge in [-0.1, -0.05) is 140 Å². The first-order valence-electron chi connectivity index (χ1n) is 14.0. The second-order valence-corrected chi connectivity index (χ2v) is 11.2. The fourth-order valence-electron chi connectivity index (χ4n) is 5.79. The van der Waals surface area contributed by atoms with Crippen molar-refractivity contribution in [3.05, 3.63) is 152 Å². The fourth-order valence-corrected chi connectivity index (χ4v) is 6.87. The molecule has 0 amide bonds. The molecule has 0 N–H and O–H groups in total. The molecule has 5 heteroatoms. The molecule has 8 rings (SSSR count). The van der Waals surface area contributed by atoms with Crippen molar-refractivity contribution in [2.75, 3.05) is 0 Å². The maximum absolute atomic E-state index is 6.86. The summed E-state index contributed by atoms with van der Waals surface area (Å²) in [6.45, 7) is 0. The second kappa shape index (κ2) is 11.4. The summed E-state index contributed by atoms with van der Waals surface area (Å²) in [4.78, 5) is 0. The lowest BCUT2D eigenvalue weighted by atomic mass is 9.97. The SMILES string of the molecule is S.c1ccc(-c2cccc(-c3ccccc3)c2Op2oc3ccc4ccccc4c3c3c(ccc4ccccc43)o2)cc1. The first-order valence-corrected chi connectivity index (χ1v) is 15.0. The highest BCUT2D eigenvalue weighted by Crippen LogP contribution is 2.46. The highest BCUT2D eigenvalue weighted by molar-refractivity contribution is 7.59. The van der Waals surface area contributed by atoms with E-state index in [0.717, 1.165) is 71.5 Å². The van der Waals surface area contributed by atoms with Crippen LogP contribution in [0.3, 0.4) is 0 Å². The largest absolute Gasteiger partial charge is 0.453 e. The van der Waals surface area contributed by atoms with Gasteiger partial charge < -0.3 is 12.9 Å². The van der Waals surface area contributed by atoms with E-state index >= 15 is 0 Å². The van der Waals surface area contributed by atoms with Gasteiger partial charge in [0.25, 0.3) is 0 Å². The van der Waals surface area contributed by atoms with Crippen LogP contribution in [0, 0.1) is 0 Å². The van der Waals surface area contributed by atoms with E-state index in [0.29, 0.717) is 0 Å². The summed E-state index contributed by atoms with van der Waals surface area (Å²) < 4.78 is 20.3. The highest BCUT2D eigenvalue weighted by Gasteiger charge is 2.19. The average molecular weight is 595 g/mol. The van der Waals surface area contributed by atoms with Gasteiger partial charge in [0.05, 0.1) is 0 Å². The van der Waals surface area contributed by atoms with E-state index in [9.17, 15) is 0 Å². The van der Waals surface area contributed by atoms with Gasteiger partial charge in [-0.25, -0.2) is 0 Å². The molecule has 208 valence electrons. The average Bonchev–Trinajstić information content (AvgIpc) is 3.22. The van der Waals surface area contributed by atoms with E-state index in [1.54, 1.807) is 0 Å². The Morgan fingerprint density at radius 1 is 0.419 bits per heavy atom. The molecule has 0 unspecified atom stereocenters. The van der Waals surface area contributed by atoms with Crippen molar-refractivity contribution < 1.29 is 12.9 Å². The molecule has 43 heavy (non-hydrogen) atoms. The summed E-state index contributed by atoms with van der Waals surface area (Å²) >= 11 is 0. The van der Waals surface area contributed by atoms with E-state index in [1.165, 1.54) is 0 Å². The standard InChI is InChI=1S/C38H25O3P.H2S/c1-3-12-26(13-4-1)32-20-11-21-33(27-14-5-2-6-15-27)38(32)41-42-39-34-24-22-28-16-7-9-18-30(28)36(34)37-31-19-10-8-17-29(31)23-25-35(37)40-42;/h1-25H;1H2. The van der Waals surface area contributed by atoms with Gasteiger partial charge in [-0.2, -0.15) is 13.5 Å². The maximum Gasteiger partial charge on any atom is 0.453 e. The summed E-state index contributed by atoms with van der Waals surface area (Å²) in [5.41, 5.74) is 5.57. The monoisotopic (exact) mass is 594 g/mol. The molecule has 0 aliphatic carbocycles. The van der Waals surface area contributed by atoms with Crippen molar-refractivity contribution >= 4 is 65.2 Å². The lowest BCUT2D eigenvalue weighted by molar-refractivity contribution is 0.500. The molecule has 3 nitrogen and oxygen atoms in total. The van der Waals surface area contributed by atoms with Crippen molar-refractivity contribution in [2.45, 2.75) is 0 Å². The molecular formula is C38H27O3PS. The van der Waals surface area contributed by atoms with Gasteiger partial charge in [0.2, 0.25) is 0 Å². The van der Waals surface area contributed by atoms with Crippen LogP contribution in [0.15, 0.2) is 160 Å². The quantitative estimate of drug-likeness (QED) is 0.203. The number of benzene rings is 7. The van der Waals surface area contributed by atoms with Crippen LogP contribution in [0.5, 0.6) is 5.75 Å². The Morgan fingerprint density at radius 3 is 1.35 bits per heavy atom. The predicted octanol–water partition coefficient (Wildman–Crippen LogP) is 11.9. The van der Waals surface area contributed by atoms with Crippen molar-refractivity contribution in [3.8, 4) is 28.0 Å². The Bertz CT molecular complexity index is 2120. The third-order valence-corrected chi connectivity index (χ3v) is 8.75. The molecule has 7 aromatic carbocycles. The first kappa shape index (κ1) is 27.0. The van der Waals surface area contributed by atoms with Crippen LogP contribution in [0.2, 0.25) is 0 Å². The van der Waals surface area contributed by atoms with E-state index in [1.807, 2.05) is 48.5 Å². The summed E-state index contributed by atoms with van der Waals surface area (Å²) in [7, 11) is -1.87. The molecule has 1 heterocycles. The minimum Gasteiger partial charge on any atom is -0.390 e. The molecule has 1 aromatic heterocycles. The molecule has 0 saturated heterocycles. The van der Waals surface area contributed by atoms with Crippen LogP contribution in [0.1, 0.15) is 0 Å². The van der Waals surface area contributed by atoms with Crippen LogP contribution in [0.4, 0.5) is 0 Å². The smallest absolute Gasteiger partial charge is 0.390 e. The lowest BCUT2D eigenvalue weighted by Crippen LogP contribution is -1.90. The zero-order valence-electron chi connectivity index (χ0n) is 23.1. The Balaban J connectivity index is 0.00000300. The van der Waals surface area contributed by atoms with Gasteiger partial charge in [-0.3, -0.25) is 0 Å². The van der Waals surface area contributed by atoms with Crippen LogP contribution < -0.4 is 4.52 Å². The molecule has 0 radical (unpaired) electrons.